The zero-order chi connectivity index (χ0) is 15.9. The van der Waals surface area contributed by atoms with Crippen LogP contribution in [0.1, 0.15) is 74.7 Å². The van der Waals surface area contributed by atoms with Gasteiger partial charge in [-0.1, -0.05) is 41.5 Å². The summed E-state index contributed by atoms with van der Waals surface area (Å²) in [4.78, 5) is 0. The Hall–Kier alpha value is 0.150. The Morgan fingerprint density at radius 1 is 0.800 bits per heavy atom. The Morgan fingerprint density at radius 3 is 1.40 bits per heavy atom. The highest BCUT2D eigenvalue weighted by Gasteiger charge is 2.35. The molecule has 0 N–H and O–H groups in total. The number of rotatable bonds is 10. The predicted octanol–water partition coefficient (Wildman–Crippen LogP) is 5.88. The van der Waals surface area contributed by atoms with Gasteiger partial charge in [-0.05, 0) is 44.9 Å². The van der Waals surface area contributed by atoms with Gasteiger partial charge in [-0.15, -0.1) is 0 Å². The van der Waals surface area contributed by atoms with Gasteiger partial charge < -0.3 is 9.05 Å². The highest BCUT2D eigenvalue weighted by atomic mass is 31.2. The number of hydrogen-bond donors (Lipinski definition) is 0. The van der Waals surface area contributed by atoms with Gasteiger partial charge in [0.2, 0.25) is 0 Å². The molecule has 0 fully saturated rings. The van der Waals surface area contributed by atoms with Crippen LogP contribution in [0.2, 0.25) is 0 Å². The summed E-state index contributed by atoms with van der Waals surface area (Å²) in [7, 11) is -3.04. The van der Waals surface area contributed by atoms with Gasteiger partial charge in [0.25, 0.3) is 0 Å². The van der Waals surface area contributed by atoms with Crippen LogP contribution < -0.4 is 0 Å². The lowest BCUT2D eigenvalue weighted by Gasteiger charge is -2.30. The summed E-state index contributed by atoms with van der Waals surface area (Å²) in [6.07, 6.45) is 2.56. The van der Waals surface area contributed by atoms with E-state index in [0.29, 0.717) is 11.8 Å². The summed E-state index contributed by atoms with van der Waals surface area (Å²) in [6.45, 7) is 16.6. The van der Waals surface area contributed by atoms with Crippen molar-refractivity contribution in [1.29, 1.82) is 0 Å². The fourth-order valence-corrected chi connectivity index (χ4v) is 4.46. The van der Waals surface area contributed by atoms with Crippen LogP contribution in [0.4, 0.5) is 0 Å². The van der Waals surface area contributed by atoms with E-state index in [1.807, 2.05) is 27.7 Å². The molecule has 0 aliphatic rings. The molecule has 0 spiro atoms. The van der Waals surface area contributed by atoms with Crippen molar-refractivity contribution in [3.05, 3.63) is 0 Å². The van der Waals surface area contributed by atoms with E-state index in [0.717, 1.165) is 19.3 Å². The van der Waals surface area contributed by atoms with Gasteiger partial charge in [-0.25, -0.2) is 0 Å². The van der Waals surface area contributed by atoms with Crippen LogP contribution in [-0.2, 0) is 13.6 Å². The molecule has 20 heavy (non-hydrogen) atoms. The molecule has 0 saturated heterocycles. The summed E-state index contributed by atoms with van der Waals surface area (Å²) in [5.74, 6) is 1.06. The molecule has 3 nitrogen and oxygen atoms in total. The quantitative estimate of drug-likeness (QED) is 0.473. The van der Waals surface area contributed by atoms with E-state index in [9.17, 15) is 4.57 Å². The van der Waals surface area contributed by atoms with Crippen LogP contribution in [0.25, 0.3) is 0 Å². The SMILES string of the molecule is CC[C@H](C)P(=O)(O[C@H](C)CC(C)C)O[C@H](C)CC(C)C. The maximum absolute atomic E-state index is 13.1. The van der Waals surface area contributed by atoms with E-state index >= 15 is 0 Å². The summed E-state index contributed by atoms with van der Waals surface area (Å²) >= 11 is 0. The molecule has 0 aromatic carbocycles. The Morgan fingerprint density at radius 2 is 1.15 bits per heavy atom. The molecule has 0 radical (unpaired) electrons. The van der Waals surface area contributed by atoms with Crippen LogP contribution in [0.5, 0.6) is 0 Å². The first-order valence-electron chi connectivity index (χ1n) is 8.07. The minimum atomic E-state index is -3.04. The van der Waals surface area contributed by atoms with Crippen molar-refractivity contribution >= 4 is 7.60 Å². The Kier molecular flexibility index (Phi) is 9.29. The lowest BCUT2D eigenvalue weighted by molar-refractivity contribution is 0.104. The topological polar surface area (TPSA) is 35.5 Å². The van der Waals surface area contributed by atoms with E-state index in [1.54, 1.807) is 0 Å². The molecule has 0 aliphatic heterocycles. The molecule has 122 valence electrons. The number of hydrogen-bond acceptors (Lipinski definition) is 3. The van der Waals surface area contributed by atoms with E-state index in [2.05, 4.69) is 27.7 Å². The zero-order valence-electron chi connectivity index (χ0n) is 14.7. The van der Waals surface area contributed by atoms with Crippen molar-refractivity contribution < 1.29 is 13.6 Å². The van der Waals surface area contributed by atoms with Crippen LogP contribution >= 0.6 is 7.60 Å². The highest BCUT2D eigenvalue weighted by Crippen LogP contribution is 2.56. The van der Waals surface area contributed by atoms with Crippen LogP contribution in [0.15, 0.2) is 0 Å². The van der Waals surface area contributed by atoms with Crippen molar-refractivity contribution in [3.8, 4) is 0 Å². The van der Waals surface area contributed by atoms with Gasteiger partial charge >= 0.3 is 7.60 Å². The normalized spacial score (nSPS) is 17.5. The van der Waals surface area contributed by atoms with Gasteiger partial charge in [-0.3, -0.25) is 4.57 Å². The predicted molar refractivity (Wildman–Crippen MR) is 87.4 cm³/mol. The fraction of sp³-hybridized carbons (Fsp3) is 1.00. The molecule has 0 unspecified atom stereocenters. The first-order valence-corrected chi connectivity index (χ1v) is 9.68. The van der Waals surface area contributed by atoms with Crippen molar-refractivity contribution in [2.75, 3.05) is 0 Å². The smallest absolute Gasteiger partial charge is 0.305 e. The molecular formula is C16H35O3P. The van der Waals surface area contributed by atoms with Crippen molar-refractivity contribution in [3.63, 3.8) is 0 Å². The van der Waals surface area contributed by atoms with Gasteiger partial charge in [-0.2, -0.15) is 0 Å². The highest BCUT2D eigenvalue weighted by molar-refractivity contribution is 7.54. The van der Waals surface area contributed by atoms with Crippen molar-refractivity contribution in [1.82, 2.24) is 0 Å². The van der Waals surface area contributed by atoms with E-state index < -0.39 is 7.60 Å². The fourth-order valence-electron chi connectivity index (χ4n) is 2.37. The monoisotopic (exact) mass is 306 g/mol. The average molecular weight is 306 g/mol. The summed E-state index contributed by atoms with van der Waals surface area (Å²) in [5, 5.41) is 0. The third kappa shape index (κ3) is 7.81. The Labute approximate surface area is 126 Å². The minimum absolute atomic E-state index is 0.0268. The molecule has 0 aliphatic carbocycles. The van der Waals surface area contributed by atoms with E-state index in [4.69, 9.17) is 9.05 Å². The van der Waals surface area contributed by atoms with Crippen LogP contribution in [-0.4, -0.2) is 17.9 Å². The van der Waals surface area contributed by atoms with Gasteiger partial charge in [0.15, 0.2) is 0 Å². The molecule has 4 heteroatoms. The first kappa shape index (κ1) is 20.1. The minimum Gasteiger partial charge on any atom is -0.305 e. The van der Waals surface area contributed by atoms with Gasteiger partial charge in [0, 0.05) is 0 Å². The molecular weight excluding hydrogens is 271 g/mol. The maximum atomic E-state index is 13.1. The van der Waals surface area contributed by atoms with E-state index in [1.165, 1.54) is 0 Å². The standard InChI is InChI=1S/C16H35O3P/c1-9-16(8)20(17,18-14(6)10-12(2)3)19-15(7)11-13(4)5/h12-16H,9-11H2,1-8H3/t14-,15-,16+/m1/s1. The van der Waals surface area contributed by atoms with Crippen molar-refractivity contribution in [2.45, 2.75) is 92.5 Å². The largest absolute Gasteiger partial charge is 0.333 e. The molecule has 0 aromatic heterocycles. The van der Waals surface area contributed by atoms with Gasteiger partial charge in [0.05, 0.1) is 17.9 Å². The molecule has 0 saturated carbocycles. The second-order valence-electron chi connectivity index (χ2n) is 6.89. The lowest BCUT2D eigenvalue weighted by Crippen LogP contribution is -2.20. The Balaban J connectivity index is 4.79. The Bertz CT molecular complexity index is 280. The summed E-state index contributed by atoms with van der Waals surface area (Å²) in [6, 6.07) is 0. The van der Waals surface area contributed by atoms with Gasteiger partial charge in [0.1, 0.15) is 0 Å². The average Bonchev–Trinajstić information content (AvgIpc) is 2.24. The van der Waals surface area contributed by atoms with Crippen molar-refractivity contribution in [2.24, 2.45) is 11.8 Å². The maximum Gasteiger partial charge on any atom is 0.333 e. The first-order chi connectivity index (χ1) is 9.10. The molecule has 0 amide bonds. The molecule has 0 rings (SSSR count). The molecule has 0 bridgehead atoms. The molecule has 0 aromatic rings. The lowest BCUT2D eigenvalue weighted by atomic mass is 10.1. The van der Waals surface area contributed by atoms with Crippen LogP contribution in [0, 0.1) is 11.8 Å². The zero-order valence-corrected chi connectivity index (χ0v) is 15.6. The molecule has 0 heterocycles. The second-order valence-corrected chi connectivity index (χ2v) is 9.27. The summed E-state index contributed by atoms with van der Waals surface area (Å²) < 4.78 is 24.9. The van der Waals surface area contributed by atoms with Crippen LogP contribution in [0.3, 0.4) is 0 Å². The van der Waals surface area contributed by atoms with E-state index in [-0.39, 0.29) is 17.9 Å². The second kappa shape index (κ2) is 9.23. The third-order valence-corrected chi connectivity index (χ3v) is 6.14. The molecule has 3 atom stereocenters. The third-order valence-electron chi connectivity index (χ3n) is 3.39. The summed E-state index contributed by atoms with van der Waals surface area (Å²) in [5.41, 5.74) is -0.0493.